The first-order chi connectivity index (χ1) is 9.40. The Morgan fingerprint density at radius 3 is 2.80 bits per heavy atom. The van der Waals surface area contributed by atoms with E-state index in [1.807, 2.05) is 6.92 Å². The SMILES string of the molecule is Cc1ccc([N+](=O)[O-])c(C(=O)N2CCC(O)C(C)C2)c1. The van der Waals surface area contributed by atoms with E-state index in [9.17, 15) is 20.0 Å². The summed E-state index contributed by atoms with van der Waals surface area (Å²) >= 11 is 0. The molecule has 2 unspecified atom stereocenters. The highest BCUT2D eigenvalue weighted by Gasteiger charge is 2.30. The lowest BCUT2D eigenvalue weighted by Gasteiger charge is -2.34. The first-order valence-electron chi connectivity index (χ1n) is 6.62. The summed E-state index contributed by atoms with van der Waals surface area (Å²) in [6.45, 7) is 4.51. The Morgan fingerprint density at radius 1 is 1.50 bits per heavy atom. The van der Waals surface area contributed by atoms with Gasteiger partial charge in [0, 0.05) is 19.2 Å². The molecule has 0 saturated carbocycles. The van der Waals surface area contributed by atoms with Crippen molar-refractivity contribution in [2.45, 2.75) is 26.4 Å². The number of aryl methyl sites for hydroxylation is 1. The molecule has 20 heavy (non-hydrogen) atoms. The summed E-state index contributed by atoms with van der Waals surface area (Å²) in [6, 6.07) is 4.54. The molecular weight excluding hydrogens is 260 g/mol. The first kappa shape index (κ1) is 14.5. The molecule has 1 aliphatic heterocycles. The zero-order valence-electron chi connectivity index (χ0n) is 11.6. The molecule has 1 N–H and O–H groups in total. The normalized spacial score (nSPS) is 22.6. The van der Waals surface area contributed by atoms with Crippen molar-refractivity contribution in [3.63, 3.8) is 0 Å². The van der Waals surface area contributed by atoms with Crippen molar-refractivity contribution in [1.29, 1.82) is 0 Å². The number of aliphatic hydroxyl groups excluding tert-OH is 1. The van der Waals surface area contributed by atoms with Crippen molar-refractivity contribution in [3.8, 4) is 0 Å². The van der Waals surface area contributed by atoms with Gasteiger partial charge in [0.1, 0.15) is 5.56 Å². The van der Waals surface area contributed by atoms with Crippen LogP contribution in [0.1, 0.15) is 29.3 Å². The molecule has 2 atom stereocenters. The standard InChI is InChI=1S/C14H18N2O4/c1-9-3-4-12(16(19)20)11(7-9)14(18)15-6-5-13(17)10(2)8-15/h3-4,7,10,13,17H,5-6,8H2,1-2H3. The van der Waals surface area contributed by atoms with E-state index in [4.69, 9.17) is 0 Å². The molecule has 1 aliphatic rings. The van der Waals surface area contributed by atoms with Gasteiger partial charge in [0.05, 0.1) is 11.0 Å². The third-order valence-electron chi connectivity index (χ3n) is 3.73. The Kier molecular flexibility index (Phi) is 4.04. The summed E-state index contributed by atoms with van der Waals surface area (Å²) in [5.41, 5.74) is 0.766. The van der Waals surface area contributed by atoms with Crippen molar-refractivity contribution < 1.29 is 14.8 Å². The van der Waals surface area contributed by atoms with Crippen LogP contribution in [0.2, 0.25) is 0 Å². The topological polar surface area (TPSA) is 83.7 Å². The molecule has 6 nitrogen and oxygen atoms in total. The van der Waals surface area contributed by atoms with Crippen LogP contribution >= 0.6 is 0 Å². The monoisotopic (exact) mass is 278 g/mol. The van der Waals surface area contributed by atoms with E-state index in [0.717, 1.165) is 5.56 Å². The van der Waals surface area contributed by atoms with Crippen LogP contribution in [0, 0.1) is 23.0 Å². The van der Waals surface area contributed by atoms with Gasteiger partial charge in [0.2, 0.25) is 0 Å². The van der Waals surface area contributed by atoms with E-state index in [-0.39, 0.29) is 23.1 Å². The summed E-state index contributed by atoms with van der Waals surface area (Å²) < 4.78 is 0. The number of piperidine rings is 1. The second-order valence-corrected chi connectivity index (χ2v) is 5.36. The second kappa shape index (κ2) is 5.58. The van der Waals surface area contributed by atoms with Gasteiger partial charge >= 0.3 is 0 Å². The average Bonchev–Trinajstić information content (AvgIpc) is 2.40. The summed E-state index contributed by atoms with van der Waals surface area (Å²) in [6.07, 6.45) is 0.0959. The lowest BCUT2D eigenvalue weighted by Crippen LogP contribution is -2.45. The lowest BCUT2D eigenvalue weighted by molar-refractivity contribution is -0.385. The maximum atomic E-state index is 12.5. The van der Waals surface area contributed by atoms with Gasteiger partial charge in [-0.05, 0) is 30.9 Å². The van der Waals surface area contributed by atoms with Crippen molar-refractivity contribution >= 4 is 11.6 Å². The predicted octanol–water partition coefficient (Wildman–Crippen LogP) is 1.75. The second-order valence-electron chi connectivity index (χ2n) is 5.36. The quantitative estimate of drug-likeness (QED) is 0.659. The highest BCUT2D eigenvalue weighted by Crippen LogP contribution is 2.24. The number of likely N-dealkylation sites (tertiary alicyclic amines) is 1. The molecule has 1 aromatic rings. The number of carbonyl (C=O) groups excluding carboxylic acids is 1. The number of nitro benzene ring substituents is 1. The highest BCUT2D eigenvalue weighted by molar-refractivity contribution is 5.98. The molecule has 1 amide bonds. The van der Waals surface area contributed by atoms with E-state index in [2.05, 4.69) is 0 Å². The predicted molar refractivity (Wildman–Crippen MR) is 73.5 cm³/mol. The number of benzene rings is 1. The molecule has 1 saturated heterocycles. The van der Waals surface area contributed by atoms with Gasteiger partial charge in [-0.25, -0.2) is 0 Å². The molecule has 0 aromatic heterocycles. The van der Waals surface area contributed by atoms with Gasteiger partial charge in [-0.1, -0.05) is 13.0 Å². The minimum Gasteiger partial charge on any atom is -0.393 e. The summed E-state index contributed by atoms with van der Waals surface area (Å²) in [5.74, 6) is -0.351. The Bertz CT molecular complexity index is 544. The Balaban J connectivity index is 2.29. The zero-order chi connectivity index (χ0) is 14.9. The van der Waals surface area contributed by atoms with Crippen LogP contribution in [0.25, 0.3) is 0 Å². The summed E-state index contributed by atoms with van der Waals surface area (Å²) in [5, 5.41) is 20.7. The summed E-state index contributed by atoms with van der Waals surface area (Å²) in [7, 11) is 0. The van der Waals surface area contributed by atoms with Crippen LogP contribution in [0.4, 0.5) is 5.69 Å². The number of hydrogen-bond acceptors (Lipinski definition) is 4. The van der Waals surface area contributed by atoms with Crippen molar-refractivity contribution in [3.05, 3.63) is 39.4 Å². The maximum absolute atomic E-state index is 12.5. The van der Waals surface area contributed by atoms with Gasteiger partial charge in [0.15, 0.2) is 0 Å². The smallest absolute Gasteiger partial charge is 0.282 e. The minimum absolute atomic E-state index is 0.0171. The van der Waals surface area contributed by atoms with Gasteiger partial charge < -0.3 is 10.0 Å². The fourth-order valence-electron chi connectivity index (χ4n) is 2.47. The largest absolute Gasteiger partial charge is 0.393 e. The van der Waals surface area contributed by atoms with Crippen LogP contribution < -0.4 is 0 Å². The van der Waals surface area contributed by atoms with E-state index in [1.54, 1.807) is 24.0 Å². The van der Waals surface area contributed by atoms with Crippen molar-refractivity contribution in [2.24, 2.45) is 5.92 Å². The summed E-state index contributed by atoms with van der Waals surface area (Å²) in [4.78, 5) is 24.6. The number of carbonyl (C=O) groups is 1. The number of hydrogen-bond donors (Lipinski definition) is 1. The average molecular weight is 278 g/mol. The van der Waals surface area contributed by atoms with Gasteiger partial charge in [-0.2, -0.15) is 0 Å². The maximum Gasteiger partial charge on any atom is 0.282 e. The third kappa shape index (κ3) is 2.80. The van der Waals surface area contributed by atoms with Crippen molar-refractivity contribution in [1.82, 2.24) is 4.90 Å². The molecule has 2 rings (SSSR count). The fourth-order valence-corrected chi connectivity index (χ4v) is 2.47. The van der Waals surface area contributed by atoms with Gasteiger partial charge in [0.25, 0.3) is 11.6 Å². The molecule has 108 valence electrons. The van der Waals surface area contributed by atoms with Crippen LogP contribution in [0.15, 0.2) is 18.2 Å². The fraction of sp³-hybridized carbons (Fsp3) is 0.500. The van der Waals surface area contributed by atoms with E-state index in [0.29, 0.717) is 19.5 Å². The molecule has 1 aromatic carbocycles. The molecule has 1 fully saturated rings. The Hall–Kier alpha value is -1.95. The molecular formula is C14H18N2O4. The Labute approximate surface area is 117 Å². The van der Waals surface area contributed by atoms with Crippen LogP contribution in [0.5, 0.6) is 0 Å². The molecule has 0 aliphatic carbocycles. The number of rotatable bonds is 2. The zero-order valence-corrected chi connectivity index (χ0v) is 11.6. The van der Waals surface area contributed by atoms with E-state index < -0.39 is 11.0 Å². The van der Waals surface area contributed by atoms with Crippen molar-refractivity contribution in [2.75, 3.05) is 13.1 Å². The first-order valence-corrected chi connectivity index (χ1v) is 6.62. The molecule has 0 spiro atoms. The number of nitro groups is 1. The number of nitrogens with zero attached hydrogens (tertiary/aromatic N) is 2. The molecule has 1 heterocycles. The van der Waals surface area contributed by atoms with E-state index in [1.165, 1.54) is 6.07 Å². The molecule has 6 heteroatoms. The van der Waals surface area contributed by atoms with Crippen LogP contribution in [-0.2, 0) is 0 Å². The van der Waals surface area contributed by atoms with Crippen LogP contribution in [-0.4, -0.2) is 40.0 Å². The van der Waals surface area contributed by atoms with Crippen LogP contribution in [0.3, 0.4) is 0 Å². The van der Waals surface area contributed by atoms with Gasteiger partial charge in [-0.15, -0.1) is 0 Å². The van der Waals surface area contributed by atoms with E-state index >= 15 is 0 Å². The molecule has 0 radical (unpaired) electrons. The third-order valence-corrected chi connectivity index (χ3v) is 3.73. The number of aliphatic hydroxyl groups is 1. The lowest BCUT2D eigenvalue weighted by atomic mass is 9.96. The number of amides is 1. The Morgan fingerprint density at radius 2 is 2.20 bits per heavy atom. The highest BCUT2D eigenvalue weighted by atomic mass is 16.6. The minimum atomic E-state index is -0.533. The molecule has 0 bridgehead atoms. The van der Waals surface area contributed by atoms with Gasteiger partial charge in [-0.3, -0.25) is 14.9 Å².